The topological polar surface area (TPSA) is 125 Å². The molecule has 0 aliphatic heterocycles. The molecule has 0 aliphatic carbocycles. The summed E-state index contributed by atoms with van der Waals surface area (Å²) >= 11 is 11.0. The highest BCUT2D eigenvalue weighted by atomic mass is 35.5. The molecule has 0 bridgehead atoms. The largest absolute Gasteiger partial charge is 0.406 e. The minimum Gasteiger partial charge on any atom is -0.406 e. The molecule has 0 atom stereocenters. The molecule has 21 heavy (non-hydrogen) atoms. The Morgan fingerprint density at radius 1 is 1.05 bits per heavy atom. The van der Waals surface area contributed by atoms with Gasteiger partial charge < -0.3 is 22.0 Å². The minimum atomic E-state index is -0.676. The van der Waals surface area contributed by atoms with Gasteiger partial charge in [0.1, 0.15) is 5.15 Å². The highest BCUT2D eigenvalue weighted by molar-refractivity contribution is 6.30. The molecule has 7 nitrogen and oxygen atoms in total. The molecular weight excluding hydrogens is 315 g/mol. The van der Waals surface area contributed by atoms with Crippen molar-refractivity contribution in [2.24, 2.45) is 5.73 Å². The summed E-state index contributed by atoms with van der Waals surface area (Å²) in [6.07, 6.45) is 0. The van der Waals surface area contributed by atoms with Crippen molar-refractivity contribution in [3.8, 4) is 0 Å². The van der Waals surface area contributed by atoms with Crippen LogP contribution in [0.3, 0.4) is 0 Å². The van der Waals surface area contributed by atoms with Crippen LogP contribution in [0.1, 0.15) is 10.5 Å². The van der Waals surface area contributed by atoms with Gasteiger partial charge in [-0.25, -0.2) is 4.98 Å². The predicted molar refractivity (Wildman–Crippen MR) is 82.1 cm³/mol. The fraction of sp³-hybridized carbons (Fsp3) is 0. The van der Waals surface area contributed by atoms with Crippen LogP contribution in [0.25, 0.3) is 4.85 Å². The zero-order chi connectivity index (χ0) is 16.0. The van der Waals surface area contributed by atoms with Crippen LogP contribution in [0.15, 0.2) is 24.3 Å². The first-order valence-electron chi connectivity index (χ1n) is 5.36. The van der Waals surface area contributed by atoms with E-state index in [4.69, 9.17) is 47.0 Å². The third kappa shape index (κ3) is 4.80. The smallest absolute Gasteiger partial charge is 0.293 e. The Kier molecular flexibility index (Phi) is 5.72. The van der Waals surface area contributed by atoms with Crippen LogP contribution in [0.5, 0.6) is 0 Å². The number of carbonyl (C=O) groups is 1. The van der Waals surface area contributed by atoms with E-state index in [9.17, 15) is 4.79 Å². The van der Waals surface area contributed by atoms with Gasteiger partial charge in [0, 0.05) is 6.07 Å². The van der Waals surface area contributed by atoms with Gasteiger partial charge in [0.25, 0.3) is 11.7 Å². The van der Waals surface area contributed by atoms with E-state index >= 15 is 0 Å². The lowest BCUT2D eigenvalue weighted by Gasteiger charge is -1.98. The molecule has 2 rings (SSSR count). The summed E-state index contributed by atoms with van der Waals surface area (Å²) in [7, 11) is 0. The fourth-order valence-corrected chi connectivity index (χ4v) is 1.46. The van der Waals surface area contributed by atoms with E-state index in [-0.39, 0.29) is 22.4 Å². The second-order valence-electron chi connectivity index (χ2n) is 3.59. The lowest BCUT2D eigenvalue weighted by atomic mass is 10.3. The number of hydrogen-bond acceptors (Lipinski definition) is 5. The number of amides is 1. The van der Waals surface area contributed by atoms with Gasteiger partial charge in [-0.05, 0) is 29.8 Å². The number of pyridine rings is 2. The van der Waals surface area contributed by atoms with Crippen molar-refractivity contribution < 1.29 is 4.79 Å². The molecule has 0 aromatic carbocycles. The first kappa shape index (κ1) is 16.5. The van der Waals surface area contributed by atoms with Gasteiger partial charge in [0.05, 0.1) is 11.4 Å². The number of anilines is 2. The van der Waals surface area contributed by atoms with E-state index in [1.165, 1.54) is 12.1 Å². The van der Waals surface area contributed by atoms with E-state index in [0.717, 1.165) is 0 Å². The number of primary amides is 1. The summed E-state index contributed by atoms with van der Waals surface area (Å²) in [5.74, 6) is -0.516. The maximum absolute atomic E-state index is 10.6. The summed E-state index contributed by atoms with van der Waals surface area (Å²) in [4.78, 5) is 21.0. The average molecular weight is 325 g/mol. The highest BCUT2D eigenvalue weighted by Crippen LogP contribution is 2.20. The van der Waals surface area contributed by atoms with Gasteiger partial charge in [0.2, 0.25) is 5.15 Å². The quantitative estimate of drug-likeness (QED) is 0.548. The van der Waals surface area contributed by atoms with Crippen molar-refractivity contribution in [2.45, 2.75) is 0 Å². The van der Waals surface area contributed by atoms with Crippen molar-refractivity contribution in [1.82, 2.24) is 9.97 Å². The molecule has 2 aromatic rings. The van der Waals surface area contributed by atoms with Crippen molar-refractivity contribution in [1.29, 1.82) is 0 Å². The molecule has 2 heterocycles. The van der Waals surface area contributed by atoms with E-state index < -0.39 is 5.91 Å². The monoisotopic (exact) mass is 324 g/mol. The number of aromatic nitrogens is 2. The van der Waals surface area contributed by atoms with Crippen LogP contribution in [0, 0.1) is 6.57 Å². The summed E-state index contributed by atoms with van der Waals surface area (Å²) in [6.45, 7) is 6.61. The van der Waals surface area contributed by atoms with Gasteiger partial charge >= 0.3 is 0 Å². The van der Waals surface area contributed by atoms with Gasteiger partial charge in [-0.15, -0.1) is 4.98 Å². The van der Waals surface area contributed by atoms with E-state index in [1.807, 2.05) is 0 Å². The van der Waals surface area contributed by atoms with Crippen LogP contribution in [-0.2, 0) is 0 Å². The molecule has 0 saturated carbocycles. The first-order chi connectivity index (χ1) is 9.85. The van der Waals surface area contributed by atoms with Gasteiger partial charge in [-0.3, -0.25) is 4.79 Å². The van der Waals surface area contributed by atoms with E-state index in [2.05, 4.69) is 14.8 Å². The Balaban J connectivity index is 0.000000211. The van der Waals surface area contributed by atoms with Gasteiger partial charge in [0.15, 0.2) is 5.69 Å². The van der Waals surface area contributed by atoms with Crippen LogP contribution >= 0.6 is 23.2 Å². The molecule has 1 amide bonds. The summed E-state index contributed by atoms with van der Waals surface area (Å²) in [6, 6.07) is 6.08. The predicted octanol–water partition coefficient (Wildman–Crippen LogP) is 2.28. The summed E-state index contributed by atoms with van der Waals surface area (Å²) in [5.41, 5.74) is 16.3. The SMILES string of the molecule is NC(=O)c1nc(Cl)ccc1N.[C-]#[N+]c1nc(Cl)ccc1N. The fourth-order valence-electron chi connectivity index (χ4n) is 1.17. The van der Waals surface area contributed by atoms with Crippen molar-refractivity contribution in [3.05, 3.63) is 51.7 Å². The minimum absolute atomic E-state index is 0.0116. The first-order valence-corrected chi connectivity index (χ1v) is 6.12. The molecule has 0 radical (unpaired) electrons. The molecule has 2 aromatic heterocycles. The van der Waals surface area contributed by atoms with Gasteiger partial charge in [-0.1, -0.05) is 18.2 Å². The number of rotatable bonds is 1. The Morgan fingerprint density at radius 2 is 1.57 bits per heavy atom. The lowest BCUT2D eigenvalue weighted by molar-refractivity contribution is 0.0996. The van der Waals surface area contributed by atoms with Crippen molar-refractivity contribution in [2.75, 3.05) is 11.5 Å². The Hall–Kier alpha value is -2.56. The molecule has 9 heteroatoms. The molecular formula is C12H10Cl2N6O. The van der Waals surface area contributed by atoms with Crippen LogP contribution in [0.4, 0.5) is 17.2 Å². The zero-order valence-electron chi connectivity index (χ0n) is 10.5. The number of hydrogen-bond donors (Lipinski definition) is 3. The molecule has 0 aliphatic rings. The number of halogens is 2. The van der Waals surface area contributed by atoms with Crippen molar-refractivity contribution in [3.63, 3.8) is 0 Å². The third-order valence-electron chi connectivity index (χ3n) is 2.10. The number of carbonyl (C=O) groups excluding carboxylic acids is 1. The Bertz CT molecular complexity index is 713. The van der Waals surface area contributed by atoms with Crippen LogP contribution in [0.2, 0.25) is 10.3 Å². The Morgan fingerprint density at radius 3 is 2.00 bits per heavy atom. The highest BCUT2D eigenvalue weighted by Gasteiger charge is 2.06. The number of nitrogens with zero attached hydrogens (tertiary/aromatic N) is 3. The van der Waals surface area contributed by atoms with Gasteiger partial charge in [-0.2, -0.15) is 0 Å². The number of nitrogens with two attached hydrogens (primary N) is 3. The maximum Gasteiger partial charge on any atom is 0.293 e. The van der Waals surface area contributed by atoms with E-state index in [1.54, 1.807) is 12.1 Å². The normalized spacial score (nSPS) is 9.19. The Labute approximate surface area is 130 Å². The van der Waals surface area contributed by atoms with Crippen LogP contribution < -0.4 is 17.2 Å². The molecule has 0 spiro atoms. The molecule has 0 unspecified atom stereocenters. The molecule has 0 fully saturated rings. The summed E-state index contributed by atoms with van der Waals surface area (Å²) < 4.78 is 0. The molecule has 0 saturated heterocycles. The van der Waals surface area contributed by atoms with E-state index in [0.29, 0.717) is 10.8 Å². The number of nitrogen functional groups attached to an aromatic ring is 2. The summed E-state index contributed by atoms with van der Waals surface area (Å²) in [5, 5.41) is 0.494. The molecule has 6 N–H and O–H groups in total. The standard InChI is InChI=1S/C6H6ClN3O.C6H4ClN3/c7-4-2-1-3(8)5(10-4)6(9)11;1-9-6-4(8)2-3-5(7)10-6/h1-2H,8H2,(H2,9,11);2-3H,8H2. The average Bonchev–Trinajstić information content (AvgIpc) is 2.44. The second kappa shape index (κ2) is 7.28. The van der Waals surface area contributed by atoms with Crippen LogP contribution in [-0.4, -0.2) is 15.9 Å². The zero-order valence-corrected chi connectivity index (χ0v) is 12.1. The van der Waals surface area contributed by atoms with Crippen molar-refractivity contribution >= 4 is 46.3 Å². The second-order valence-corrected chi connectivity index (χ2v) is 4.37. The molecule has 108 valence electrons. The maximum atomic E-state index is 10.6. The third-order valence-corrected chi connectivity index (χ3v) is 2.52. The lowest BCUT2D eigenvalue weighted by Crippen LogP contribution is -2.15.